The van der Waals surface area contributed by atoms with Gasteiger partial charge < -0.3 is 5.32 Å². The minimum absolute atomic E-state index is 0.103. The van der Waals surface area contributed by atoms with Gasteiger partial charge in [0.15, 0.2) is 4.90 Å². The van der Waals surface area contributed by atoms with Gasteiger partial charge in [0.05, 0.1) is 4.92 Å². The number of hydrogen-bond donors (Lipinski definition) is 2. The van der Waals surface area contributed by atoms with Crippen LogP contribution in [0.4, 0.5) is 5.69 Å². The summed E-state index contributed by atoms with van der Waals surface area (Å²) in [5, 5.41) is 14.3. The summed E-state index contributed by atoms with van der Waals surface area (Å²) in [7, 11) is -3.99. The van der Waals surface area contributed by atoms with Crippen LogP contribution in [0.3, 0.4) is 0 Å². The number of hydrogen-bond acceptors (Lipinski definition) is 5. The average Bonchev–Trinajstić information content (AvgIpc) is 2.41. The van der Waals surface area contributed by atoms with Crippen LogP contribution < -0.4 is 10.0 Å². The molecule has 0 radical (unpaired) electrons. The maximum Gasteiger partial charge on any atom is 0.289 e. The van der Waals surface area contributed by atoms with Crippen molar-refractivity contribution in [2.75, 3.05) is 13.1 Å². The average molecular weight is 334 g/mol. The first-order chi connectivity index (χ1) is 9.81. The standard InChI is InChI=1S/C12H16ClN3O4S/c1-8-7-14-5-4-10(8)15-21(19,20)12-6-9(13)2-3-11(12)16(17)18/h2-3,6,8,10,14-15H,4-5,7H2,1H3. The third-order valence-corrected chi connectivity index (χ3v) is 5.25. The molecular weight excluding hydrogens is 318 g/mol. The van der Waals surface area contributed by atoms with Gasteiger partial charge in [0.2, 0.25) is 10.0 Å². The van der Waals surface area contributed by atoms with E-state index in [0.29, 0.717) is 19.5 Å². The van der Waals surface area contributed by atoms with Crippen molar-refractivity contribution in [2.45, 2.75) is 24.3 Å². The quantitative estimate of drug-likeness (QED) is 0.642. The van der Waals surface area contributed by atoms with Crippen molar-refractivity contribution in [3.63, 3.8) is 0 Å². The van der Waals surface area contributed by atoms with E-state index < -0.39 is 25.5 Å². The fraction of sp³-hybridized carbons (Fsp3) is 0.500. The van der Waals surface area contributed by atoms with Crippen LogP contribution in [0.2, 0.25) is 5.02 Å². The van der Waals surface area contributed by atoms with Crippen LogP contribution in [0.5, 0.6) is 0 Å². The number of nitrogens with one attached hydrogen (secondary N) is 2. The highest BCUT2D eigenvalue weighted by Crippen LogP contribution is 2.27. The van der Waals surface area contributed by atoms with Crippen LogP contribution >= 0.6 is 11.6 Å². The van der Waals surface area contributed by atoms with E-state index in [4.69, 9.17) is 11.6 Å². The summed E-state index contributed by atoms with van der Waals surface area (Å²) in [6, 6.07) is 3.25. The molecular formula is C12H16ClN3O4S. The first-order valence-corrected chi connectivity index (χ1v) is 8.34. The van der Waals surface area contributed by atoms with Crippen molar-refractivity contribution in [3.05, 3.63) is 33.3 Å². The summed E-state index contributed by atoms with van der Waals surface area (Å²) in [5.74, 6) is 0.103. The van der Waals surface area contributed by atoms with Crippen molar-refractivity contribution in [3.8, 4) is 0 Å². The Morgan fingerprint density at radius 3 is 2.81 bits per heavy atom. The molecule has 0 spiro atoms. The highest BCUT2D eigenvalue weighted by Gasteiger charge is 2.31. The van der Waals surface area contributed by atoms with Crippen LogP contribution in [-0.2, 0) is 10.0 Å². The Balaban J connectivity index is 2.35. The summed E-state index contributed by atoms with van der Waals surface area (Å²) in [6.07, 6.45) is 0.634. The van der Waals surface area contributed by atoms with Crippen LogP contribution in [0.25, 0.3) is 0 Å². The first kappa shape index (κ1) is 16.2. The molecule has 0 saturated carbocycles. The zero-order valence-corrected chi connectivity index (χ0v) is 12.9. The maximum atomic E-state index is 12.4. The lowest BCUT2D eigenvalue weighted by atomic mass is 9.97. The summed E-state index contributed by atoms with van der Waals surface area (Å²) in [4.78, 5) is 9.87. The van der Waals surface area contributed by atoms with E-state index >= 15 is 0 Å². The first-order valence-electron chi connectivity index (χ1n) is 6.48. The zero-order valence-electron chi connectivity index (χ0n) is 11.4. The van der Waals surface area contributed by atoms with Crippen LogP contribution in [0.15, 0.2) is 23.1 Å². The predicted molar refractivity (Wildman–Crippen MR) is 78.9 cm³/mol. The molecule has 1 aliphatic rings. The van der Waals surface area contributed by atoms with Crippen molar-refractivity contribution in [2.24, 2.45) is 5.92 Å². The number of nitro groups is 1. The third-order valence-electron chi connectivity index (χ3n) is 3.50. The topological polar surface area (TPSA) is 101 Å². The van der Waals surface area contributed by atoms with Gasteiger partial charge >= 0.3 is 0 Å². The number of halogens is 1. The lowest BCUT2D eigenvalue weighted by Crippen LogP contribution is -2.48. The van der Waals surface area contributed by atoms with Crippen LogP contribution in [0.1, 0.15) is 13.3 Å². The van der Waals surface area contributed by atoms with Gasteiger partial charge in [-0.15, -0.1) is 0 Å². The van der Waals surface area contributed by atoms with Crippen molar-refractivity contribution in [1.29, 1.82) is 0 Å². The number of benzene rings is 1. The Bertz CT molecular complexity index is 650. The molecule has 0 amide bonds. The fourth-order valence-corrected chi connectivity index (χ4v) is 4.12. The zero-order chi connectivity index (χ0) is 15.6. The van der Waals surface area contributed by atoms with E-state index in [1.807, 2.05) is 6.92 Å². The molecule has 1 aromatic rings. The van der Waals surface area contributed by atoms with E-state index in [2.05, 4.69) is 10.0 Å². The molecule has 1 saturated heterocycles. The minimum Gasteiger partial charge on any atom is -0.316 e. The Labute approximate surface area is 127 Å². The lowest BCUT2D eigenvalue weighted by Gasteiger charge is -2.29. The lowest BCUT2D eigenvalue weighted by molar-refractivity contribution is -0.387. The minimum atomic E-state index is -3.99. The van der Waals surface area contributed by atoms with Gasteiger partial charge in [0.1, 0.15) is 0 Å². The molecule has 7 nitrogen and oxygen atoms in total. The van der Waals surface area contributed by atoms with E-state index in [-0.39, 0.29) is 17.0 Å². The van der Waals surface area contributed by atoms with Crippen LogP contribution in [-0.4, -0.2) is 32.5 Å². The second-order valence-corrected chi connectivity index (χ2v) is 7.19. The van der Waals surface area contributed by atoms with Gasteiger partial charge in [-0.05, 0) is 37.6 Å². The molecule has 2 unspecified atom stereocenters. The number of nitro benzene ring substituents is 1. The molecule has 1 aromatic carbocycles. The molecule has 1 aliphatic heterocycles. The van der Waals surface area contributed by atoms with Gasteiger partial charge in [-0.1, -0.05) is 18.5 Å². The van der Waals surface area contributed by atoms with E-state index in [1.165, 1.54) is 6.07 Å². The molecule has 9 heteroatoms. The third kappa shape index (κ3) is 3.70. The Morgan fingerprint density at radius 1 is 1.48 bits per heavy atom. The number of piperidine rings is 1. The normalized spacial score (nSPS) is 23.0. The summed E-state index contributed by atoms with van der Waals surface area (Å²) >= 11 is 5.77. The monoisotopic (exact) mass is 333 g/mol. The number of sulfonamides is 1. The van der Waals surface area contributed by atoms with Gasteiger partial charge in [-0.3, -0.25) is 10.1 Å². The summed E-state index contributed by atoms with van der Waals surface area (Å²) in [6.45, 7) is 3.33. The Morgan fingerprint density at radius 2 is 2.19 bits per heavy atom. The maximum absolute atomic E-state index is 12.4. The number of nitrogens with zero attached hydrogens (tertiary/aromatic N) is 1. The Kier molecular flexibility index (Phi) is 4.82. The molecule has 0 aromatic heterocycles. The molecule has 21 heavy (non-hydrogen) atoms. The molecule has 2 N–H and O–H groups in total. The second kappa shape index (κ2) is 6.27. The largest absolute Gasteiger partial charge is 0.316 e. The van der Waals surface area contributed by atoms with E-state index in [9.17, 15) is 18.5 Å². The van der Waals surface area contributed by atoms with Gasteiger partial charge in [-0.2, -0.15) is 0 Å². The molecule has 0 aliphatic carbocycles. The second-order valence-electron chi connectivity index (χ2n) is 5.07. The van der Waals surface area contributed by atoms with Crippen molar-refractivity contribution >= 4 is 27.3 Å². The number of rotatable bonds is 4. The Hall–Kier alpha value is -1.22. The van der Waals surface area contributed by atoms with Crippen molar-refractivity contribution in [1.82, 2.24) is 10.0 Å². The smallest absolute Gasteiger partial charge is 0.289 e. The van der Waals surface area contributed by atoms with Crippen molar-refractivity contribution < 1.29 is 13.3 Å². The molecule has 1 heterocycles. The molecule has 0 bridgehead atoms. The van der Waals surface area contributed by atoms with Crippen LogP contribution in [0, 0.1) is 16.0 Å². The molecule has 116 valence electrons. The van der Waals surface area contributed by atoms with E-state index in [0.717, 1.165) is 12.1 Å². The molecule has 1 fully saturated rings. The summed E-state index contributed by atoms with van der Waals surface area (Å²) in [5.41, 5.74) is -0.478. The van der Waals surface area contributed by atoms with Gasteiger partial charge in [0.25, 0.3) is 5.69 Å². The van der Waals surface area contributed by atoms with Gasteiger partial charge in [0, 0.05) is 17.1 Å². The highest BCUT2D eigenvalue weighted by atomic mass is 35.5. The molecule has 2 atom stereocenters. The van der Waals surface area contributed by atoms with Gasteiger partial charge in [-0.25, -0.2) is 13.1 Å². The SMILES string of the molecule is CC1CNCCC1NS(=O)(=O)c1cc(Cl)ccc1[N+](=O)[O-]. The summed E-state index contributed by atoms with van der Waals surface area (Å²) < 4.78 is 27.4. The highest BCUT2D eigenvalue weighted by molar-refractivity contribution is 7.89. The van der Waals surface area contributed by atoms with E-state index in [1.54, 1.807) is 0 Å². The fourth-order valence-electron chi connectivity index (χ4n) is 2.31. The predicted octanol–water partition coefficient (Wildman–Crippen LogP) is 1.52. The molecule has 2 rings (SSSR count).